The van der Waals surface area contributed by atoms with E-state index in [1.165, 1.54) is 10.4 Å². The van der Waals surface area contributed by atoms with E-state index >= 15 is 0 Å². The van der Waals surface area contributed by atoms with Gasteiger partial charge in [-0.3, -0.25) is 0 Å². The van der Waals surface area contributed by atoms with E-state index < -0.39 is 0 Å². The highest BCUT2D eigenvalue weighted by Crippen LogP contribution is 2.21. The van der Waals surface area contributed by atoms with Gasteiger partial charge in [0, 0.05) is 10.9 Å². The van der Waals surface area contributed by atoms with Crippen molar-refractivity contribution in [1.82, 2.24) is 0 Å². The van der Waals surface area contributed by atoms with Gasteiger partial charge in [0.15, 0.2) is 0 Å². The Hall–Kier alpha value is -0.340. The SMILES string of the molecule is C.CC[C@@H](N)c1cc(C)cs1. The molecule has 0 amide bonds. The van der Waals surface area contributed by atoms with Gasteiger partial charge in [0.05, 0.1) is 0 Å². The molecule has 0 aliphatic heterocycles. The van der Waals surface area contributed by atoms with Gasteiger partial charge in [0.1, 0.15) is 0 Å². The Kier molecular flexibility index (Phi) is 4.38. The Labute approximate surface area is 73.2 Å². The first-order valence-electron chi connectivity index (χ1n) is 3.54. The molecule has 11 heavy (non-hydrogen) atoms. The molecule has 0 radical (unpaired) electrons. The maximum Gasteiger partial charge on any atom is 0.0387 e. The van der Waals surface area contributed by atoms with Crippen molar-refractivity contribution in [3.63, 3.8) is 0 Å². The fourth-order valence-electron chi connectivity index (χ4n) is 0.849. The summed E-state index contributed by atoms with van der Waals surface area (Å²) in [5, 5.41) is 2.14. The topological polar surface area (TPSA) is 26.0 Å². The second-order valence-electron chi connectivity index (χ2n) is 2.54. The van der Waals surface area contributed by atoms with Crippen LogP contribution in [0.15, 0.2) is 11.4 Å². The maximum atomic E-state index is 5.82. The minimum Gasteiger partial charge on any atom is -0.323 e. The quantitative estimate of drug-likeness (QED) is 0.727. The smallest absolute Gasteiger partial charge is 0.0387 e. The number of hydrogen-bond acceptors (Lipinski definition) is 2. The maximum absolute atomic E-state index is 5.82. The van der Waals surface area contributed by atoms with Crippen LogP contribution in [0.25, 0.3) is 0 Å². The second kappa shape index (κ2) is 4.52. The average molecular weight is 171 g/mol. The van der Waals surface area contributed by atoms with Crippen LogP contribution in [0.2, 0.25) is 0 Å². The molecule has 0 aromatic carbocycles. The number of hydrogen-bond donors (Lipinski definition) is 1. The predicted molar refractivity (Wildman–Crippen MR) is 53.0 cm³/mol. The molecule has 2 heteroatoms. The molecule has 2 N–H and O–H groups in total. The third-order valence-electron chi connectivity index (χ3n) is 1.56. The summed E-state index contributed by atoms with van der Waals surface area (Å²) in [6.07, 6.45) is 1.03. The number of nitrogens with two attached hydrogens (primary N) is 1. The molecule has 0 saturated heterocycles. The molecule has 0 unspecified atom stereocenters. The van der Waals surface area contributed by atoms with Gasteiger partial charge in [-0.2, -0.15) is 0 Å². The summed E-state index contributed by atoms with van der Waals surface area (Å²) in [5.41, 5.74) is 7.14. The fraction of sp³-hybridized carbons (Fsp3) is 0.556. The van der Waals surface area contributed by atoms with Crippen LogP contribution in [0.4, 0.5) is 0 Å². The first kappa shape index (κ1) is 10.7. The molecule has 1 heterocycles. The van der Waals surface area contributed by atoms with E-state index in [0.717, 1.165) is 6.42 Å². The van der Waals surface area contributed by atoms with Crippen molar-refractivity contribution in [2.45, 2.75) is 33.7 Å². The summed E-state index contributed by atoms with van der Waals surface area (Å²) in [6, 6.07) is 2.41. The second-order valence-corrected chi connectivity index (χ2v) is 3.48. The fourth-order valence-corrected chi connectivity index (χ4v) is 1.83. The van der Waals surface area contributed by atoms with Gasteiger partial charge in [0.2, 0.25) is 0 Å². The monoisotopic (exact) mass is 171 g/mol. The molecule has 0 aliphatic rings. The minimum absolute atomic E-state index is 0. The Morgan fingerprint density at radius 1 is 1.64 bits per heavy atom. The molecule has 1 atom stereocenters. The Morgan fingerprint density at radius 2 is 2.27 bits per heavy atom. The van der Waals surface area contributed by atoms with E-state index in [9.17, 15) is 0 Å². The zero-order valence-electron chi connectivity index (χ0n) is 6.42. The highest BCUT2D eigenvalue weighted by atomic mass is 32.1. The Morgan fingerprint density at radius 3 is 2.64 bits per heavy atom. The van der Waals surface area contributed by atoms with Crippen LogP contribution in [-0.2, 0) is 0 Å². The summed E-state index contributed by atoms with van der Waals surface area (Å²) < 4.78 is 0. The average Bonchev–Trinajstić information content (AvgIpc) is 2.34. The molecule has 0 saturated carbocycles. The summed E-state index contributed by atoms with van der Waals surface area (Å²) in [4.78, 5) is 1.31. The van der Waals surface area contributed by atoms with E-state index in [1.807, 2.05) is 0 Å². The van der Waals surface area contributed by atoms with Gasteiger partial charge >= 0.3 is 0 Å². The largest absolute Gasteiger partial charge is 0.323 e. The highest BCUT2D eigenvalue weighted by molar-refractivity contribution is 7.10. The summed E-state index contributed by atoms with van der Waals surface area (Å²) in [5.74, 6) is 0. The third kappa shape index (κ3) is 2.64. The van der Waals surface area contributed by atoms with Crippen LogP contribution in [0.3, 0.4) is 0 Å². The van der Waals surface area contributed by atoms with Gasteiger partial charge in [-0.05, 0) is 30.4 Å². The molecule has 0 aliphatic carbocycles. The molecule has 1 aromatic heterocycles. The molecular formula is C9H17NS. The van der Waals surface area contributed by atoms with Crippen LogP contribution >= 0.6 is 11.3 Å². The molecular weight excluding hydrogens is 154 g/mol. The van der Waals surface area contributed by atoms with Crippen LogP contribution < -0.4 is 5.73 Å². The minimum atomic E-state index is 0. The van der Waals surface area contributed by atoms with Crippen molar-refractivity contribution in [3.05, 3.63) is 21.9 Å². The normalized spacial score (nSPS) is 12.3. The number of rotatable bonds is 2. The van der Waals surface area contributed by atoms with Gasteiger partial charge in [0.25, 0.3) is 0 Å². The van der Waals surface area contributed by atoms with E-state index in [4.69, 9.17) is 5.73 Å². The lowest BCUT2D eigenvalue weighted by molar-refractivity contribution is 0.712. The van der Waals surface area contributed by atoms with Crippen molar-refractivity contribution in [1.29, 1.82) is 0 Å². The van der Waals surface area contributed by atoms with Crippen molar-refractivity contribution < 1.29 is 0 Å². The first-order valence-corrected chi connectivity index (χ1v) is 4.42. The van der Waals surface area contributed by atoms with E-state index in [2.05, 4.69) is 25.3 Å². The number of thiophene rings is 1. The zero-order valence-corrected chi connectivity index (χ0v) is 7.24. The van der Waals surface area contributed by atoms with Crippen molar-refractivity contribution in [3.8, 4) is 0 Å². The van der Waals surface area contributed by atoms with Gasteiger partial charge in [-0.1, -0.05) is 14.4 Å². The van der Waals surface area contributed by atoms with Crippen LogP contribution in [-0.4, -0.2) is 0 Å². The molecule has 1 rings (SSSR count). The van der Waals surface area contributed by atoms with E-state index in [-0.39, 0.29) is 13.5 Å². The summed E-state index contributed by atoms with van der Waals surface area (Å²) in [6.45, 7) is 4.21. The third-order valence-corrected chi connectivity index (χ3v) is 2.74. The predicted octanol–water partition coefficient (Wildman–Crippen LogP) is 3.10. The highest BCUT2D eigenvalue weighted by Gasteiger charge is 2.03. The van der Waals surface area contributed by atoms with Gasteiger partial charge < -0.3 is 5.73 Å². The molecule has 0 spiro atoms. The molecule has 64 valence electrons. The lowest BCUT2D eigenvalue weighted by Gasteiger charge is -2.03. The van der Waals surface area contributed by atoms with Gasteiger partial charge in [-0.25, -0.2) is 0 Å². The number of aryl methyl sites for hydroxylation is 1. The van der Waals surface area contributed by atoms with E-state index in [0.29, 0.717) is 0 Å². The molecule has 0 fully saturated rings. The van der Waals surface area contributed by atoms with Crippen LogP contribution in [0, 0.1) is 6.92 Å². The summed E-state index contributed by atoms with van der Waals surface area (Å²) in [7, 11) is 0. The van der Waals surface area contributed by atoms with Crippen LogP contribution in [0.5, 0.6) is 0 Å². The van der Waals surface area contributed by atoms with Crippen molar-refractivity contribution in [2.24, 2.45) is 5.73 Å². The zero-order chi connectivity index (χ0) is 7.56. The molecule has 1 nitrogen and oxygen atoms in total. The molecule has 1 aromatic rings. The lowest BCUT2D eigenvalue weighted by Crippen LogP contribution is -2.05. The Balaban J connectivity index is 0.000001000. The standard InChI is InChI=1S/C8H13NS.CH4/c1-3-7(9)8-4-6(2)5-10-8;/h4-5,7H,3,9H2,1-2H3;1H4/t7-;/m1./s1. The molecule has 0 bridgehead atoms. The van der Waals surface area contributed by atoms with Crippen molar-refractivity contribution >= 4 is 11.3 Å². The van der Waals surface area contributed by atoms with Crippen LogP contribution in [0.1, 0.15) is 37.3 Å². The first-order chi connectivity index (χ1) is 4.74. The van der Waals surface area contributed by atoms with Gasteiger partial charge in [-0.15, -0.1) is 11.3 Å². The van der Waals surface area contributed by atoms with E-state index in [1.54, 1.807) is 11.3 Å². The van der Waals surface area contributed by atoms with Crippen molar-refractivity contribution in [2.75, 3.05) is 0 Å². The lowest BCUT2D eigenvalue weighted by atomic mass is 10.2. The Bertz CT molecular complexity index is 205. The summed E-state index contributed by atoms with van der Waals surface area (Å²) >= 11 is 1.76.